The molecule has 2 saturated heterocycles. The van der Waals surface area contributed by atoms with E-state index in [1.807, 2.05) is 0 Å². The van der Waals surface area contributed by atoms with Crippen LogP contribution in [0.15, 0.2) is 0 Å². The third-order valence-electron chi connectivity index (χ3n) is 3.79. The van der Waals surface area contributed by atoms with Gasteiger partial charge in [-0.2, -0.15) is 0 Å². The van der Waals surface area contributed by atoms with Gasteiger partial charge in [-0.3, -0.25) is 0 Å². The summed E-state index contributed by atoms with van der Waals surface area (Å²) in [6.45, 7) is -0.882. The molecule has 118 valence electrons. The predicted molar refractivity (Wildman–Crippen MR) is 61.5 cm³/mol. The summed E-state index contributed by atoms with van der Waals surface area (Å²) in [5.41, 5.74) is 0. The first-order chi connectivity index (χ1) is 9.38. The standard InChI is InChI=1S/C11H20O9/c12-1-4-6(15)7(16)9(18)11(20-4)10-8(17)5(14)3(13)2-19-10/h3-18H,1-2H2/t3-,4-,5+,6-,7+,8-,9-,10-,11?/m1/s1. The summed E-state index contributed by atoms with van der Waals surface area (Å²) in [6, 6.07) is 0. The number of ether oxygens (including phenoxy) is 2. The van der Waals surface area contributed by atoms with E-state index in [2.05, 4.69) is 0 Å². The van der Waals surface area contributed by atoms with E-state index < -0.39 is 61.5 Å². The fraction of sp³-hybridized carbons (Fsp3) is 1.00. The zero-order valence-corrected chi connectivity index (χ0v) is 10.6. The molecular weight excluding hydrogens is 276 g/mol. The number of aliphatic hydroxyl groups excluding tert-OH is 7. The molecule has 0 saturated carbocycles. The fourth-order valence-electron chi connectivity index (χ4n) is 2.52. The van der Waals surface area contributed by atoms with Gasteiger partial charge in [-0.25, -0.2) is 0 Å². The lowest BCUT2D eigenvalue weighted by molar-refractivity contribution is -0.286. The van der Waals surface area contributed by atoms with Gasteiger partial charge in [-0.15, -0.1) is 0 Å². The molecule has 9 heteroatoms. The van der Waals surface area contributed by atoms with Crippen LogP contribution in [0.5, 0.6) is 0 Å². The van der Waals surface area contributed by atoms with Crippen LogP contribution in [-0.2, 0) is 9.47 Å². The molecule has 2 rings (SSSR count). The average molecular weight is 296 g/mol. The summed E-state index contributed by atoms with van der Waals surface area (Å²) < 4.78 is 10.4. The van der Waals surface area contributed by atoms with Crippen molar-refractivity contribution >= 4 is 0 Å². The van der Waals surface area contributed by atoms with Crippen molar-refractivity contribution < 1.29 is 45.2 Å². The van der Waals surface area contributed by atoms with Crippen LogP contribution in [-0.4, -0.2) is 104 Å². The van der Waals surface area contributed by atoms with E-state index in [0.29, 0.717) is 0 Å². The first kappa shape index (κ1) is 16.0. The van der Waals surface area contributed by atoms with Crippen molar-refractivity contribution in [1.82, 2.24) is 0 Å². The zero-order valence-electron chi connectivity index (χ0n) is 10.6. The Morgan fingerprint density at radius 2 is 1.35 bits per heavy atom. The third-order valence-corrected chi connectivity index (χ3v) is 3.79. The molecule has 7 N–H and O–H groups in total. The predicted octanol–water partition coefficient (Wildman–Crippen LogP) is -4.69. The third kappa shape index (κ3) is 2.69. The van der Waals surface area contributed by atoms with E-state index in [-0.39, 0.29) is 6.61 Å². The highest BCUT2D eigenvalue weighted by Crippen LogP contribution is 2.29. The summed E-state index contributed by atoms with van der Waals surface area (Å²) in [7, 11) is 0. The van der Waals surface area contributed by atoms with E-state index in [1.165, 1.54) is 0 Å². The summed E-state index contributed by atoms with van der Waals surface area (Å²) in [6.07, 6.45) is -12.6. The Bertz CT molecular complexity index is 325. The lowest BCUT2D eigenvalue weighted by Crippen LogP contribution is -2.66. The van der Waals surface area contributed by atoms with Gasteiger partial charge in [0.25, 0.3) is 0 Å². The quantitative estimate of drug-likeness (QED) is 0.265. The summed E-state index contributed by atoms with van der Waals surface area (Å²) in [4.78, 5) is 0. The van der Waals surface area contributed by atoms with E-state index in [1.54, 1.807) is 0 Å². The molecule has 2 aliphatic rings. The van der Waals surface area contributed by atoms with Crippen molar-refractivity contribution in [2.45, 2.75) is 54.9 Å². The Morgan fingerprint density at radius 1 is 0.750 bits per heavy atom. The highest BCUT2D eigenvalue weighted by molar-refractivity contribution is 5.00. The largest absolute Gasteiger partial charge is 0.394 e. The van der Waals surface area contributed by atoms with Crippen molar-refractivity contribution in [3.8, 4) is 0 Å². The van der Waals surface area contributed by atoms with Gasteiger partial charge in [0.15, 0.2) is 0 Å². The molecule has 9 atom stereocenters. The van der Waals surface area contributed by atoms with Gasteiger partial charge in [0.05, 0.1) is 13.2 Å². The second-order valence-corrected chi connectivity index (χ2v) is 5.14. The Labute approximate surface area is 114 Å². The molecule has 2 heterocycles. The highest BCUT2D eigenvalue weighted by atomic mass is 16.6. The van der Waals surface area contributed by atoms with E-state index in [4.69, 9.17) is 14.6 Å². The molecule has 9 nitrogen and oxygen atoms in total. The monoisotopic (exact) mass is 296 g/mol. The Kier molecular flexibility index (Phi) is 4.95. The van der Waals surface area contributed by atoms with Crippen molar-refractivity contribution in [1.29, 1.82) is 0 Å². The fourth-order valence-corrected chi connectivity index (χ4v) is 2.52. The van der Waals surface area contributed by atoms with E-state index in [0.717, 1.165) is 0 Å². The number of aliphatic hydroxyl groups is 7. The van der Waals surface area contributed by atoms with Crippen LogP contribution in [0.2, 0.25) is 0 Å². The van der Waals surface area contributed by atoms with Gasteiger partial charge in [0.2, 0.25) is 0 Å². The lowest BCUT2D eigenvalue weighted by Gasteiger charge is -2.46. The van der Waals surface area contributed by atoms with Gasteiger partial charge in [0, 0.05) is 0 Å². The number of hydrogen-bond acceptors (Lipinski definition) is 9. The highest BCUT2D eigenvalue weighted by Gasteiger charge is 2.51. The lowest BCUT2D eigenvalue weighted by atomic mass is 9.87. The van der Waals surface area contributed by atoms with E-state index in [9.17, 15) is 30.6 Å². The molecular formula is C11H20O9. The van der Waals surface area contributed by atoms with Crippen molar-refractivity contribution in [3.05, 3.63) is 0 Å². The normalized spacial score (nSPS) is 53.9. The van der Waals surface area contributed by atoms with Crippen molar-refractivity contribution in [2.24, 2.45) is 0 Å². The van der Waals surface area contributed by atoms with Gasteiger partial charge in [0.1, 0.15) is 54.9 Å². The molecule has 2 aliphatic heterocycles. The Morgan fingerprint density at radius 3 is 1.95 bits per heavy atom. The maximum absolute atomic E-state index is 9.89. The second-order valence-electron chi connectivity index (χ2n) is 5.14. The minimum absolute atomic E-state index is 0.280. The van der Waals surface area contributed by atoms with Gasteiger partial charge >= 0.3 is 0 Å². The van der Waals surface area contributed by atoms with Crippen LogP contribution < -0.4 is 0 Å². The molecule has 0 bridgehead atoms. The minimum atomic E-state index is -1.59. The van der Waals surface area contributed by atoms with Gasteiger partial charge in [-0.05, 0) is 0 Å². The van der Waals surface area contributed by atoms with Crippen LogP contribution in [0.4, 0.5) is 0 Å². The summed E-state index contributed by atoms with van der Waals surface area (Å²) in [5, 5.41) is 67.1. The molecule has 0 aliphatic carbocycles. The van der Waals surface area contributed by atoms with Crippen molar-refractivity contribution in [2.75, 3.05) is 13.2 Å². The Balaban J connectivity index is 2.14. The molecule has 0 amide bonds. The van der Waals surface area contributed by atoms with Crippen molar-refractivity contribution in [3.63, 3.8) is 0 Å². The topological polar surface area (TPSA) is 160 Å². The molecule has 0 spiro atoms. The van der Waals surface area contributed by atoms with Gasteiger partial charge < -0.3 is 45.2 Å². The minimum Gasteiger partial charge on any atom is -0.394 e. The smallest absolute Gasteiger partial charge is 0.115 e. The maximum atomic E-state index is 9.89. The SMILES string of the molecule is OC[C@H]1OC([C@@H]2OC[C@@H](O)[C@H](O)[C@H]2O)[C@H](O)[C@@H](O)[C@@H]1O. The summed E-state index contributed by atoms with van der Waals surface area (Å²) >= 11 is 0. The van der Waals surface area contributed by atoms with Crippen LogP contribution in [0.1, 0.15) is 0 Å². The van der Waals surface area contributed by atoms with Gasteiger partial charge in [-0.1, -0.05) is 0 Å². The second kappa shape index (κ2) is 6.18. The van der Waals surface area contributed by atoms with Crippen LogP contribution in [0, 0.1) is 0 Å². The molecule has 0 aromatic rings. The Hall–Kier alpha value is -0.360. The first-order valence-electron chi connectivity index (χ1n) is 6.34. The molecule has 0 aromatic carbocycles. The molecule has 1 unspecified atom stereocenters. The molecule has 2 fully saturated rings. The average Bonchev–Trinajstić information content (AvgIpc) is 2.44. The van der Waals surface area contributed by atoms with E-state index >= 15 is 0 Å². The summed E-state index contributed by atoms with van der Waals surface area (Å²) in [5.74, 6) is 0. The van der Waals surface area contributed by atoms with Crippen LogP contribution in [0.3, 0.4) is 0 Å². The zero-order chi connectivity index (χ0) is 15.0. The first-order valence-corrected chi connectivity index (χ1v) is 6.34. The molecule has 0 radical (unpaired) electrons. The number of rotatable bonds is 2. The molecule has 20 heavy (non-hydrogen) atoms. The number of hydrogen-bond donors (Lipinski definition) is 7. The maximum Gasteiger partial charge on any atom is 0.115 e. The van der Waals surface area contributed by atoms with Crippen LogP contribution in [0.25, 0.3) is 0 Å². The van der Waals surface area contributed by atoms with Crippen LogP contribution >= 0.6 is 0 Å². The molecule has 0 aromatic heterocycles.